The topological polar surface area (TPSA) is 49.4 Å². The lowest BCUT2D eigenvalue weighted by Crippen LogP contribution is -2.52. The normalized spacial score (nSPS) is 18.6. The number of rotatable bonds is 4. The third-order valence-electron chi connectivity index (χ3n) is 4.58. The molecule has 0 aliphatic carbocycles. The van der Waals surface area contributed by atoms with Gasteiger partial charge >= 0.3 is 0 Å². The van der Waals surface area contributed by atoms with Gasteiger partial charge in [0.25, 0.3) is 0 Å². The number of carbonyl (C=O) groups is 2. The van der Waals surface area contributed by atoms with Crippen molar-refractivity contribution < 1.29 is 9.59 Å². The van der Waals surface area contributed by atoms with Crippen LogP contribution in [0.3, 0.4) is 0 Å². The molecule has 2 rings (SSSR count). The van der Waals surface area contributed by atoms with E-state index in [-0.39, 0.29) is 17.9 Å². The van der Waals surface area contributed by atoms with Gasteiger partial charge in [-0.1, -0.05) is 19.1 Å². The van der Waals surface area contributed by atoms with Gasteiger partial charge in [-0.3, -0.25) is 9.59 Å². The van der Waals surface area contributed by atoms with Crippen molar-refractivity contribution in [1.82, 2.24) is 4.90 Å². The van der Waals surface area contributed by atoms with Crippen molar-refractivity contribution in [3.63, 3.8) is 0 Å². The Morgan fingerprint density at radius 1 is 1.30 bits per heavy atom. The molecule has 0 aromatic heterocycles. The van der Waals surface area contributed by atoms with E-state index in [4.69, 9.17) is 0 Å². The molecule has 1 aliphatic heterocycles. The van der Waals surface area contributed by atoms with Gasteiger partial charge in [-0.2, -0.15) is 0 Å². The monoisotopic (exact) mass is 380 g/mol. The summed E-state index contributed by atoms with van der Waals surface area (Å²) in [5.74, 6) is -0.344. The first kappa shape index (κ1) is 18.0. The Balaban J connectivity index is 2.14. The zero-order valence-corrected chi connectivity index (χ0v) is 15.6. The van der Waals surface area contributed by atoms with Crippen molar-refractivity contribution in [3.05, 3.63) is 28.7 Å². The molecular formula is C18H25BrN2O2. The predicted octanol–water partition coefficient (Wildman–Crippen LogP) is 4.20. The van der Waals surface area contributed by atoms with Crippen LogP contribution in [0.15, 0.2) is 28.7 Å². The summed E-state index contributed by atoms with van der Waals surface area (Å²) in [6.07, 6.45) is 4.15. The van der Waals surface area contributed by atoms with Gasteiger partial charge in [-0.25, -0.2) is 0 Å². The highest BCUT2D eigenvalue weighted by Crippen LogP contribution is 2.29. The third kappa shape index (κ3) is 3.94. The number of anilines is 1. The van der Waals surface area contributed by atoms with E-state index >= 15 is 0 Å². The van der Waals surface area contributed by atoms with E-state index in [0.717, 1.165) is 36.7 Å². The molecule has 5 heteroatoms. The molecule has 0 saturated carbocycles. The highest BCUT2D eigenvalue weighted by atomic mass is 79.9. The molecule has 1 unspecified atom stereocenters. The van der Waals surface area contributed by atoms with Crippen LogP contribution >= 0.6 is 15.9 Å². The maximum absolute atomic E-state index is 13.0. The fourth-order valence-corrected chi connectivity index (χ4v) is 3.37. The maximum Gasteiger partial charge on any atom is 0.239 e. The quantitative estimate of drug-likeness (QED) is 0.795. The molecule has 1 saturated heterocycles. The second-order valence-corrected chi connectivity index (χ2v) is 7.47. The molecular weight excluding hydrogens is 356 g/mol. The lowest BCUT2D eigenvalue weighted by Gasteiger charge is -2.39. The van der Waals surface area contributed by atoms with E-state index in [0.29, 0.717) is 5.69 Å². The minimum atomic E-state index is -1.08. The first-order valence-corrected chi connectivity index (χ1v) is 9.04. The van der Waals surface area contributed by atoms with Gasteiger partial charge in [0.1, 0.15) is 5.41 Å². The Bertz CT molecular complexity index is 586. The Morgan fingerprint density at radius 2 is 2.00 bits per heavy atom. The van der Waals surface area contributed by atoms with Crippen LogP contribution in [-0.2, 0) is 9.59 Å². The van der Waals surface area contributed by atoms with Gasteiger partial charge in [0.05, 0.1) is 5.69 Å². The molecule has 1 aromatic rings. The minimum absolute atomic E-state index is 0.0754. The number of nitrogens with zero attached hydrogens (tertiary/aromatic N) is 1. The molecule has 2 amide bonds. The van der Waals surface area contributed by atoms with E-state index in [1.807, 2.05) is 29.2 Å². The fourth-order valence-electron chi connectivity index (χ4n) is 2.99. The summed E-state index contributed by atoms with van der Waals surface area (Å²) in [6, 6.07) is 7.68. The maximum atomic E-state index is 13.0. The number of hydrogen-bond donors (Lipinski definition) is 1. The molecule has 0 bridgehead atoms. The zero-order valence-electron chi connectivity index (χ0n) is 14.1. The van der Waals surface area contributed by atoms with Gasteiger partial charge < -0.3 is 10.2 Å². The van der Waals surface area contributed by atoms with Crippen molar-refractivity contribution >= 4 is 33.4 Å². The van der Waals surface area contributed by atoms with E-state index < -0.39 is 5.41 Å². The Kier molecular flexibility index (Phi) is 5.84. The summed E-state index contributed by atoms with van der Waals surface area (Å²) in [7, 11) is 0. The zero-order chi connectivity index (χ0) is 17.0. The van der Waals surface area contributed by atoms with Crippen molar-refractivity contribution in [2.24, 2.45) is 5.41 Å². The number of amides is 2. The van der Waals surface area contributed by atoms with E-state index in [1.165, 1.54) is 0 Å². The van der Waals surface area contributed by atoms with Gasteiger partial charge in [-0.15, -0.1) is 0 Å². The first-order chi connectivity index (χ1) is 10.9. The predicted molar refractivity (Wildman–Crippen MR) is 96.2 cm³/mol. The third-order valence-corrected chi connectivity index (χ3v) is 5.28. The molecule has 126 valence electrons. The molecule has 1 heterocycles. The number of halogens is 1. The molecule has 1 aliphatic rings. The van der Waals surface area contributed by atoms with Crippen LogP contribution in [0.4, 0.5) is 5.69 Å². The van der Waals surface area contributed by atoms with Gasteiger partial charge in [0.2, 0.25) is 11.8 Å². The minimum Gasteiger partial charge on any atom is -0.339 e. The van der Waals surface area contributed by atoms with Crippen LogP contribution in [-0.4, -0.2) is 29.3 Å². The van der Waals surface area contributed by atoms with Crippen molar-refractivity contribution in [1.29, 1.82) is 0 Å². The number of para-hydroxylation sites is 1. The second kappa shape index (κ2) is 7.47. The smallest absolute Gasteiger partial charge is 0.239 e. The summed E-state index contributed by atoms with van der Waals surface area (Å²) < 4.78 is 0.806. The Labute approximate surface area is 146 Å². The summed E-state index contributed by atoms with van der Waals surface area (Å²) in [6.45, 7) is 6.28. The summed E-state index contributed by atoms with van der Waals surface area (Å²) in [4.78, 5) is 27.6. The molecule has 0 spiro atoms. The molecule has 0 radical (unpaired) electrons. The Hall–Kier alpha value is -1.36. The van der Waals surface area contributed by atoms with Crippen molar-refractivity contribution in [2.75, 3.05) is 11.9 Å². The van der Waals surface area contributed by atoms with Crippen LogP contribution in [0.25, 0.3) is 0 Å². The second-order valence-electron chi connectivity index (χ2n) is 6.62. The van der Waals surface area contributed by atoms with Crippen LogP contribution in [0.2, 0.25) is 0 Å². The van der Waals surface area contributed by atoms with Crippen molar-refractivity contribution in [2.45, 2.75) is 52.5 Å². The first-order valence-electron chi connectivity index (χ1n) is 8.25. The molecule has 1 fully saturated rings. The van der Waals surface area contributed by atoms with Gasteiger partial charge in [0.15, 0.2) is 0 Å². The average Bonchev–Trinajstić information content (AvgIpc) is 2.56. The van der Waals surface area contributed by atoms with Gasteiger partial charge in [-0.05, 0) is 67.6 Å². The van der Waals surface area contributed by atoms with Crippen LogP contribution in [0.5, 0.6) is 0 Å². The summed E-state index contributed by atoms with van der Waals surface area (Å²) in [5.41, 5.74) is -0.399. The summed E-state index contributed by atoms with van der Waals surface area (Å²) in [5, 5.41) is 2.87. The highest BCUT2D eigenvalue weighted by molar-refractivity contribution is 9.10. The number of hydrogen-bond acceptors (Lipinski definition) is 2. The van der Waals surface area contributed by atoms with E-state index in [9.17, 15) is 9.59 Å². The highest BCUT2D eigenvalue weighted by Gasteiger charge is 2.41. The van der Waals surface area contributed by atoms with Crippen LogP contribution in [0, 0.1) is 5.41 Å². The molecule has 1 aromatic carbocycles. The van der Waals surface area contributed by atoms with Crippen LogP contribution < -0.4 is 5.32 Å². The molecule has 1 N–H and O–H groups in total. The number of carbonyl (C=O) groups excluding carboxylic acids is 2. The van der Waals surface area contributed by atoms with E-state index in [2.05, 4.69) is 28.2 Å². The summed E-state index contributed by atoms with van der Waals surface area (Å²) >= 11 is 3.42. The van der Waals surface area contributed by atoms with Crippen LogP contribution in [0.1, 0.15) is 46.5 Å². The fraction of sp³-hybridized carbons (Fsp3) is 0.556. The van der Waals surface area contributed by atoms with Crippen molar-refractivity contribution in [3.8, 4) is 0 Å². The number of piperidine rings is 1. The number of nitrogens with one attached hydrogen (secondary N) is 1. The molecule has 23 heavy (non-hydrogen) atoms. The van der Waals surface area contributed by atoms with E-state index in [1.54, 1.807) is 13.8 Å². The average molecular weight is 381 g/mol. The SMILES string of the molecule is CCC1CCCCN1C(=O)C(C)(C)C(=O)Nc1ccccc1Br. The largest absolute Gasteiger partial charge is 0.339 e. The molecule has 4 nitrogen and oxygen atoms in total. The number of benzene rings is 1. The standard InChI is InChI=1S/C18H25BrN2O2/c1-4-13-9-7-8-12-21(13)17(23)18(2,3)16(22)20-15-11-6-5-10-14(15)19/h5-6,10-11,13H,4,7-9,12H2,1-3H3,(H,20,22). The molecule has 1 atom stereocenters. The Morgan fingerprint density at radius 3 is 2.65 bits per heavy atom. The van der Waals surface area contributed by atoms with Gasteiger partial charge in [0, 0.05) is 17.1 Å². The number of likely N-dealkylation sites (tertiary alicyclic amines) is 1. The lowest BCUT2D eigenvalue weighted by atomic mass is 9.87. The lowest BCUT2D eigenvalue weighted by molar-refractivity contribution is -0.149.